The summed E-state index contributed by atoms with van der Waals surface area (Å²) in [5.41, 5.74) is -0.955. The minimum atomic E-state index is -4.89. The number of rotatable bonds is 2. The number of halogens is 6. The Labute approximate surface area is 150 Å². The molecule has 0 spiro atoms. The first kappa shape index (κ1) is 19.1. The van der Waals surface area contributed by atoms with Crippen LogP contribution in [-0.2, 0) is 18.8 Å². The molecule has 27 heavy (non-hydrogen) atoms. The minimum absolute atomic E-state index is 0.108. The summed E-state index contributed by atoms with van der Waals surface area (Å²) in [7, 11) is 0. The highest BCUT2D eigenvalue weighted by atomic mass is 19.4. The third kappa shape index (κ3) is 3.72. The molecule has 0 aliphatic carbocycles. The SMILES string of the molecule is CCc1nc(C(F)(F)F)nc2nc(-c3ccc(C)cc3)cc(C(F)(F)F)c12. The van der Waals surface area contributed by atoms with Gasteiger partial charge in [-0.2, -0.15) is 26.3 Å². The largest absolute Gasteiger partial charge is 0.451 e. The lowest BCUT2D eigenvalue weighted by Crippen LogP contribution is -2.16. The van der Waals surface area contributed by atoms with Crippen LogP contribution >= 0.6 is 0 Å². The summed E-state index contributed by atoms with van der Waals surface area (Å²) in [5, 5.41) is -0.506. The molecular formula is C18H13F6N3. The van der Waals surface area contributed by atoms with Gasteiger partial charge in [0.05, 0.1) is 22.3 Å². The Kier molecular flexibility index (Phi) is 4.57. The van der Waals surface area contributed by atoms with Gasteiger partial charge in [0.2, 0.25) is 5.82 Å². The fourth-order valence-corrected chi connectivity index (χ4v) is 2.68. The van der Waals surface area contributed by atoms with Crippen LogP contribution in [0.15, 0.2) is 30.3 Å². The zero-order chi connectivity index (χ0) is 20.0. The number of hydrogen-bond acceptors (Lipinski definition) is 3. The predicted octanol–water partition coefficient (Wildman–Crippen LogP) is 5.60. The van der Waals surface area contributed by atoms with Crippen LogP contribution in [0.2, 0.25) is 0 Å². The van der Waals surface area contributed by atoms with Crippen molar-refractivity contribution in [3.8, 4) is 11.3 Å². The lowest BCUT2D eigenvalue weighted by molar-refractivity contribution is -0.144. The van der Waals surface area contributed by atoms with E-state index in [0.717, 1.165) is 11.6 Å². The Morgan fingerprint density at radius 3 is 2.00 bits per heavy atom. The number of pyridine rings is 1. The van der Waals surface area contributed by atoms with Crippen LogP contribution in [0.3, 0.4) is 0 Å². The van der Waals surface area contributed by atoms with E-state index in [4.69, 9.17) is 0 Å². The zero-order valence-corrected chi connectivity index (χ0v) is 14.2. The maximum absolute atomic E-state index is 13.6. The number of aromatic nitrogens is 3. The predicted molar refractivity (Wildman–Crippen MR) is 86.9 cm³/mol. The molecule has 0 amide bonds. The molecule has 0 aliphatic heterocycles. The third-order valence-electron chi connectivity index (χ3n) is 3.98. The van der Waals surface area contributed by atoms with Crippen LogP contribution in [0, 0.1) is 6.92 Å². The van der Waals surface area contributed by atoms with E-state index in [-0.39, 0.29) is 17.8 Å². The van der Waals surface area contributed by atoms with Crippen LogP contribution in [0.25, 0.3) is 22.3 Å². The van der Waals surface area contributed by atoms with Gasteiger partial charge in [-0.3, -0.25) is 0 Å². The molecule has 0 saturated heterocycles. The topological polar surface area (TPSA) is 38.7 Å². The van der Waals surface area contributed by atoms with Gasteiger partial charge in [0.25, 0.3) is 0 Å². The Bertz CT molecular complexity index is 991. The van der Waals surface area contributed by atoms with Crippen molar-refractivity contribution in [1.29, 1.82) is 0 Å². The molecule has 2 heterocycles. The number of alkyl halides is 6. The van der Waals surface area contributed by atoms with E-state index in [1.165, 1.54) is 6.92 Å². The van der Waals surface area contributed by atoms with E-state index in [2.05, 4.69) is 15.0 Å². The molecule has 0 unspecified atom stereocenters. The van der Waals surface area contributed by atoms with E-state index in [1.54, 1.807) is 31.2 Å². The number of nitrogens with zero attached hydrogens (tertiary/aromatic N) is 3. The standard InChI is InChI=1S/C18H13F6N3/c1-3-12-14-11(17(19,20)21)8-13(10-6-4-9(2)5-7-10)25-15(14)27-16(26-12)18(22,23)24/h4-8H,3H2,1-2H3. The van der Waals surface area contributed by atoms with Crippen molar-refractivity contribution in [3.63, 3.8) is 0 Å². The van der Waals surface area contributed by atoms with Crippen molar-refractivity contribution in [3.05, 3.63) is 53.0 Å². The van der Waals surface area contributed by atoms with E-state index in [1.807, 2.05) is 0 Å². The first-order chi connectivity index (χ1) is 12.5. The second-order valence-electron chi connectivity index (χ2n) is 5.96. The van der Waals surface area contributed by atoms with E-state index in [9.17, 15) is 26.3 Å². The van der Waals surface area contributed by atoms with Crippen LogP contribution in [0.5, 0.6) is 0 Å². The Morgan fingerprint density at radius 2 is 1.48 bits per heavy atom. The molecule has 0 radical (unpaired) electrons. The highest BCUT2D eigenvalue weighted by Crippen LogP contribution is 2.38. The molecule has 0 atom stereocenters. The molecule has 1 aromatic carbocycles. The summed E-state index contributed by atoms with van der Waals surface area (Å²) in [6.07, 6.45) is -9.82. The summed E-state index contributed by atoms with van der Waals surface area (Å²) in [4.78, 5) is 10.6. The van der Waals surface area contributed by atoms with Crippen LogP contribution in [0.1, 0.15) is 29.6 Å². The van der Waals surface area contributed by atoms with Crippen LogP contribution in [-0.4, -0.2) is 15.0 Å². The summed E-state index contributed by atoms with van der Waals surface area (Å²) < 4.78 is 80.0. The van der Waals surface area contributed by atoms with Gasteiger partial charge in [0.1, 0.15) is 0 Å². The molecule has 0 N–H and O–H groups in total. The summed E-state index contributed by atoms with van der Waals surface area (Å²) >= 11 is 0. The van der Waals surface area contributed by atoms with Gasteiger partial charge in [0, 0.05) is 5.56 Å². The first-order valence-corrected chi connectivity index (χ1v) is 7.93. The molecular weight excluding hydrogens is 372 g/mol. The smallest absolute Gasteiger partial charge is 0.229 e. The molecule has 9 heteroatoms. The average molecular weight is 385 g/mol. The van der Waals surface area contributed by atoms with Crippen molar-refractivity contribution in [2.45, 2.75) is 32.6 Å². The fraction of sp³-hybridized carbons (Fsp3) is 0.278. The quantitative estimate of drug-likeness (QED) is 0.539. The second kappa shape index (κ2) is 6.47. The monoisotopic (exact) mass is 385 g/mol. The average Bonchev–Trinajstić information content (AvgIpc) is 2.58. The summed E-state index contributed by atoms with van der Waals surface area (Å²) in [6.45, 7) is 3.23. The molecule has 2 aromatic heterocycles. The van der Waals surface area contributed by atoms with E-state index in [0.29, 0.717) is 5.56 Å². The third-order valence-corrected chi connectivity index (χ3v) is 3.98. The Hall–Kier alpha value is -2.71. The van der Waals surface area contributed by atoms with Gasteiger partial charge in [-0.15, -0.1) is 0 Å². The number of benzene rings is 1. The van der Waals surface area contributed by atoms with Crippen molar-refractivity contribution in [1.82, 2.24) is 15.0 Å². The highest BCUT2D eigenvalue weighted by molar-refractivity contribution is 5.85. The van der Waals surface area contributed by atoms with Crippen molar-refractivity contribution in [2.75, 3.05) is 0 Å². The Morgan fingerprint density at radius 1 is 0.852 bits per heavy atom. The minimum Gasteiger partial charge on any atom is -0.229 e. The van der Waals surface area contributed by atoms with Gasteiger partial charge in [-0.1, -0.05) is 36.8 Å². The molecule has 0 fully saturated rings. The van der Waals surface area contributed by atoms with Crippen molar-refractivity contribution >= 4 is 11.0 Å². The van der Waals surface area contributed by atoms with Gasteiger partial charge in [-0.05, 0) is 19.4 Å². The second-order valence-corrected chi connectivity index (χ2v) is 5.96. The zero-order valence-electron chi connectivity index (χ0n) is 14.2. The molecule has 0 bridgehead atoms. The molecule has 3 rings (SSSR count). The number of aryl methyl sites for hydroxylation is 2. The molecule has 3 aromatic rings. The molecule has 142 valence electrons. The summed E-state index contributed by atoms with van der Waals surface area (Å²) in [6, 6.07) is 7.27. The molecule has 0 saturated carbocycles. The maximum Gasteiger partial charge on any atom is 0.451 e. The van der Waals surface area contributed by atoms with Gasteiger partial charge < -0.3 is 0 Å². The van der Waals surface area contributed by atoms with E-state index < -0.39 is 34.8 Å². The van der Waals surface area contributed by atoms with E-state index >= 15 is 0 Å². The van der Waals surface area contributed by atoms with Crippen molar-refractivity contribution < 1.29 is 26.3 Å². The van der Waals surface area contributed by atoms with Crippen molar-refractivity contribution in [2.24, 2.45) is 0 Å². The molecule has 3 nitrogen and oxygen atoms in total. The highest BCUT2D eigenvalue weighted by Gasteiger charge is 2.39. The lowest BCUT2D eigenvalue weighted by atomic mass is 10.0. The summed E-state index contributed by atoms with van der Waals surface area (Å²) in [5.74, 6) is -1.51. The number of hydrogen-bond donors (Lipinski definition) is 0. The fourth-order valence-electron chi connectivity index (χ4n) is 2.68. The van der Waals surface area contributed by atoms with Crippen LogP contribution in [0.4, 0.5) is 26.3 Å². The maximum atomic E-state index is 13.6. The Balaban J connectivity index is 2.39. The lowest BCUT2D eigenvalue weighted by Gasteiger charge is -2.16. The van der Waals surface area contributed by atoms with Crippen LogP contribution < -0.4 is 0 Å². The van der Waals surface area contributed by atoms with Gasteiger partial charge >= 0.3 is 12.4 Å². The normalized spacial score (nSPS) is 12.6. The van der Waals surface area contributed by atoms with Gasteiger partial charge in [0.15, 0.2) is 5.65 Å². The number of fused-ring (bicyclic) bond motifs is 1. The van der Waals surface area contributed by atoms with Gasteiger partial charge in [-0.25, -0.2) is 15.0 Å². The molecule has 0 aliphatic rings. The first-order valence-electron chi connectivity index (χ1n) is 7.93.